The summed E-state index contributed by atoms with van der Waals surface area (Å²) in [6, 6.07) is 17.7. The maximum absolute atomic E-state index is 12.1. The molecule has 3 rings (SSSR count). The molecule has 1 amide bonds. The number of anilines is 3. The highest BCUT2D eigenvalue weighted by Crippen LogP contribution is 2.26. The van der Waals surface area contributed by atoms with Gasteiger partial charge in [0.05, 0.1) is 41.7 Å². The molecule has 0 saturated heterocycles. The van der Waals surface area contributed by atoms with Crippen molar-refractivity contribution >= 4 is 40.7 Å². The number of esters is 1. The molecule has 1 aromatic heterocycles. The minimum absolute atomic E-state index is 0.123. The Hall–Kier alpha value is -3.38. The lowest BCUT2D eigenvalue weighted by molar-refractivity contribution is -0.115. The lowest BCUT2D eigenvalue weighted by Gasteiger charge is -2.10. The third kappa shape index (κ3) is 5.08. The maximum atomic E-state index is 12.1. The fourth-order valence-corrected chi connectivity index (χ4v) is 2.70. The van der Waals surface area contributed by atoms with E-state index >= 15 is 0 Å². The van der Waals surface area contributed by atoms with E-state index in [0.717, 1.165) is 5.56 Å². The largest absolute Gasteiger partial charge is 0.465 e. The number of hydrogen-bond donors (Lipinski definition) is 2. The molecule has 6 nitrogen and oxygen atoms in total. The number of halogens is 1. The second kappa shape index (κ2) is 9.01. The molecule has 0 unspecified atom stereocenters. The number of hydrogen-bond acceptors (Lipinski definition) is 5. The fourth-order valence-electron chi connectivity index (χ4n) is 2.53. The lowest BCUT2D eigenvalue weighted by Crippen LogP contribution is -2.14. The molecule has 0 fully saturated rings. The first-order valence-electron chi connectivity index (χ1n) is 8.50. The third-order valence-electron chi connectivity index (χ3n) is 3.90. The second-order valence-electron chi connectivity index (χ2n) is 5.95. The number of ether oxygens (including phenoxy) is 1. The van der Waals surface area contributed by atoms with Crippen LogP contribution in [0.3, 0.4) is 0 Å². The van der Waals surface area contributed by atoms with Gasteiger partial charge in [-0.25, -0.2) is 9.78 Å². The van der Waals surface area contributed by atoms with Crippen molar-refractivity contribution in [3.63, 3.8) is 0 Å². The number of rotatable bonds is 6. The SMILES string of the molecule is COC(=O)c1ccc(Cl)c(Nc2ccc(NC(=O)Cc3ccccc3)cn2)c1. The Bertz CT molecular complexity index is 976. The van der Waals surface area contributed by atoms with Gasteiger partial charge in [-0.05, 0) is 35.9 Å². The quantitative estimate of drug-likeness (QED) is 0.603. The Morgan fingerprint density at radius 2 is 1.86 bits per heavy atom. The van der Waals surface area contributed by atoms with Crippen molar-refractivity contribution in [3.05, 3.63) is 83.0 Å². The van der Waals surface area contributed by atoms with Gasteiger partial charge in [-0.1, -0.05) is 41.9 Å². The standard InChI is InChI=1S/C21H18ClN3O3/c1-28-21(27)15-7-9-17(22)18(12-15)25-19-10-8-16(13-23-19)24-20(26)11-14-5-3-2-4-6-14/h2-10,12-13H,11H2,1H3,(H,23,25)(H,24,26). The monoisotopic (exact) mass is 395 g/mol. The van der Waals surface area contributed by atoms with Crippen molar-refractivity contribution in [2.75, 3.05) is 17.7 Å². The van der Waals surface area contributed by atoms with Crippen molar-refractivity contribution in [3.8, 4) is 0 Å². The number of pyridine rings is 1. The number of methoxy groups -OCH3 is 1. The zero-order valence-corrected chi connectivity index (χ0v) is 15.9. The number of carbonyl (C=O) groups excluding carboxylic acids is 2. The highest BCUT2D eigenvalue weighted by atomic mass is 35.5. The van der Waals surface area contributed by atoms with Gasteiger partial charge in [0, 0.05) is 0 Å². The van der Waals surface area contributed by atoms with E-state index in [4.69, 9.17) is 16.3 Å². The summed E-state index contributed by atoms with van der Waals surface area (Å²) in [6.45, 7) is 0. The first-order chi connectivity index (χ1) is 13.5. The molecule has 3 aromatic rings. The third-order valence-corrected chi connectivity index (χ3v) is 4.23. The van der Waals surface area contributed by atoms with Crippen LogP contribution < -0.4 is 10.6 Å². The molecule has 2 N–H and O–H groups in total. The molecule has 0 radical (unpaired) electrons. The Morgan fingerprint density at radius 1 is 1.07 bits per heavy atom. The molecule has 1 heterocycles. The summed E-state index contributed by atoms with van der Waals surface area (Å²) in [7, 11) is 1.32. The molecule has 7 heteroatoms. The zero-order valence-electron chi connectivity index (χ0n) is 15.1. The summed E-state index contributed by atoms with van der Waals surface area (Å²) in [4.78, 5) is 28.0. The topological polar surface area (TPSA) is 80.3 Å². The predicted octanol–water partition coefficient (Wildman–Crippen LogP) is 4.45. The van der Waals surface area contributed by atoms with Crippen molar-refractivity contribution in [1.29, 1.82) is 0 Å². The predicted molar refractivity (Wildman–Crippen MR) is 109 cm³/mol. The molecule has 0 aliphatic heterocycles. The second-order valence-corrected chi connectivity index (χ2v) is 6.36. The van der Waals surface area contributed by atoms with Gasteiger partial charge in [0.1, 0.15) is 5.82 Å². The van der Waals surface area contributed by atoms with Crippen LogP contribution in [0.2, 0.25) is 5.02 Å². The van der Waals surface area contributed by atoms with E-state index < -0.39 is 5.97 Å². The maximum Gasteiger partial charge on any atom is 0.337 e. The average Bonchev–Trinajstić information content (AvgIpc) is 2.71. The van der Waals surface area contributed by atoms with Crippen LogP contribution in [-0.2, 0) is 16.0 Å². The Kier molecular flexibility index (Phi) is 6.24. The summed E-state index contributed by atoms with van der Waals surface area (Å²) in [5, 5.41) is 6.30. The summed E-state index contributed by atoms with van der Waals surface area (Å²) in [5.41, 5.74) is 2.42. The van der Waals surface area contributed by atoms with E-state index in [9.17, 15) is 9.59 Å². The fraction of sp³-hybridized carbons (Fsp3) is 0.0952. The number of aromatic nitrogens is 1. The molecule has 0 saturated carbocycles. The van der Waals surface area contributed by atoms with Gasteiger partial charge in [0.25, 0.3) is 0 Å². The van der Waals surface area contributed by atoms with Crippen LogP contribution in [0.15, 0.2) is 66.9 Å². The molecule has 2 aromatic carbocycles. The highest BCUT2D eigenvalue weighted by molar-refractivity contribution is 6.33. The van der Waals surface area contributed by atoms with E-state index in [1.807, 2.05) is 30.3 Å². The number of nitrogens with zero attached hydrogens (tertiary/aromatic N) is 1. The van der Waals surface area contributed by atoms with Crippen LogP contribution in [0, 0.1) is 0 Å². The molecular formula is C21H18ClN3O3. The molecule has 142 valence electrons. The highest BCUT2D eigenvalue weighted by Gasteiger charge is 2.10. The van der Waals surface area contributed by atoms with Crippen LogP contribution in [-0.4, -0.2) is 24.0 Å². The summed E-state index contributed by atoms with van der Waals surface area (Å²) >= 11 is 6.17. The van der Waals surface area contributed by atoms with Crippen LogP contribution in [0.25, 0.3) is 0 Å². The molecule has 0 atom stereocenters. The lowest BCUT2D eigenvalue weighted by atomic mass is 10.1. The minimum Gasteiger partial charge on any atom is -0.465 e. The molecule has 28 heavy (non-hydrogen) atoms. The number of carbonyl (C=O) groups is 2. The van der Waals surface area contributed by atoms with Gasteiger partial charge >= 0.3 is 5.97 Å². The van der Waals surface area contributed by atoms with Crippen LogP contribution in [0.5, 0.6) is 0 Å². The zero-order chi connectivity index (χ0) is 19.9. The van der Waals surface area contributed by atoms with Crippen molar-refractivity contribution in [2.45, 2.75) is 6.42 Å². The summed E-state index contributed by atoms with van der Waals surface area (Å²) < 4.78 is 4.71. The Labute approximate surface area is 167 Å². The van der Waals surface area contributed by atoms with Gasteiger partial charge in [-0.2, -0.15) is 0 Å². The first-order valence-corrected chi connectivity index (χ1v) is 8.87. The molecule has 0 aliphatic carbocycles. The number of benzene rings is 2. The summed E-state index contributed by atoms with van der Waals surface area (Å²) in [6.07, 6.45) is 1.83. The van der Waals surface area contributed by atoms with E-state index in [1.165, 1.54) is 7.11 Å². The normalized spacial score (nSPS) is 10.2. The van der Waals surface area contributed by atoms with Crippen molar-refractivity contribution < 1.29 is 14.3 Å². The van der Waals surface area contributed by atoms with Gasteiger partial charge in [0.15, 0.2) is 0 Å². The Balaban J connectivity index is 1.65. The van der Waals surface area contributed by atoms with Gasteiger partial charge in [-0.15, -0.1) is 0 Å². The first kappa shape index (κ1) is 19.4. The van der Waals surface area contributed by atoms with Crippen LogP contribution >= 0.6 is 11.6 Å². The molecule has 0 bridgehead atoms. The van der Waals surface area contributed by atoms with Crippen molar-refractivity contribution in [2.24, 2.45) is 0 Å². The van der Waals surface area contributed by atoms with Crippen LogP contribution in [0.1, 0.15) is 15.9 Å². The average molecular weight is 396 g/mol. The smallest absolute Gasteiger partial charge is 0.337 e. The number of nitrogens with one attached hydrogen (secondary N) is 2. The van der Waals surface area contributed by atoms with Gasteiger partial charge < -0.3 is 15.4 Å². The minimum atomic E-state index is -0.454. The van der Waals surface area contributed by atoms with E-state index in [-0.39, 0.29) is 12.3 Å². The Morgan fingerprint density at radius 3 is 2.54 bits per heavy atom. The van der Waals surface area contributed by atoms with Crippen molar-refractivity contribution in [1.82, 2.24) is 4.98 Å². The van der Waals surface area contributed by atoms with E-state index in [0.29, 0.717) is 27.8 Å². The number of amides is 1. The van der Waals surface area contributed by atoms with E-state index in [1.54, 1.807) is 36.5 Å². The molecule has 0 spiro atoms. The summed E-state index contributed by atoms with van der Waals surface area (Å²) in [5.74, 6) is -0.0586. The van der Waals surface area contributed by atoms with E-state index in [2.05, 4.69) is 15.6 Å². The molecule has 0 aliphatic rings. The van der Waals surface area contributed by atoms with Crippen LogP contribution in [0.4, 0.5) is 17.2 Å². The molecular weight excluding hydrogens is 378 g/mol. The van der Waals surface area contributed by atoms with Gasteiger partial charge in [0.2, 0.25) is 5.91 Å². The van der Waals surface area contributed by atoms with Gasteiger partial charge in [-0.3, -0.25) is 4.79 Å².